The second kappa shape index (κ2) is 14.3. The maximum absolute atomic E-state index is 12.4. The molecule has 0 aliphatic rings. The average Bonchev–Trinajstić information content (AvgIpc) is 2.70. The third-order valence-electron chi connectivity index (χ3n) is 4.10. The van der Waals surface area contributed by atoms with Crippen LogP contribution in [0, 0.1) is 0 Å². The van der Waals surface area contributed by atoms with Crippen molar-refractivity contribution in [1.29, 1.82) is 0 Å². The van der Waals surface area contributed by atoms with Crippen molar-refractivity contribution in [3.05, 3.63) is 48.0 Å². The standard InChI is InChI=1S/C22H30O7/c1-3-27-14-10-5-4-9-13-19(29-21(25)17(2)15-20(23)24)22(26)28-16-18-11-7-6-8-12-18/h6-8,11-12,19H,2-5,9-10,13-16H2,1H3,(H,23,24). The zero-order chi connectivity index (χ0) is 21.5. The predicted molar refractivity (Wildman–Crippen MR) is 107 cm³/mol. The van der Waals surface area contributed by atoms with E-state index in [4.69, 9.17) is 19.3 Å². The van der Waals surface area contributed by atoms with Gasteiger partial charge in [-0.15, -0.1) is 0 Å². The Morgan fingerprint density at radius 2 is 1.76 bits per heavy atom. The lowest BCUT2D eigenvalue weighted by atomic mass is 10.1. The third kappa shape index (κ3) is 11.0. The Bertz CT molecular complexity index is 654. The van der Waals surface area contributed by atoms with Crippen LogP contribution in [-0.4, -0.2) is 42.3 Å². The van der Waals surface area contributed by atoms with Gasteiger partial charge in [0.25, 0.3) is 0 Å². The molecule has 1 rings (SSSR count). The van der Waals surface area contributed by atoms with Crippen LogP contribution < -0.4 is 0 Å². The third-order valence-corrected chi connectivity index (χ3v) is 4.10. The van der Waals surface area contributed by atoms with Gasteiger partial charge in [0, 0.05) is 18.8 Å². The van der Waals surface area contributed by atoms with E-state index < -0.39 is 30.4 Å². The molecule has 0 amide bonds. The van der Waals surface area contributed by atoms with Crippen molar-refractivity contribution in [1.82, 2.24) is 0 Å². The summed E-state index contributed by atoms with van der Waals surface area (Å²) in [5.74, 6) is -2.74. The minimum absolute atomic E-state index is 0.0676. The van der Waals surface area contributed by atoms with Gasteiger partial charge in [-0.05, 0) is 31.7 Å². The molecule has 0 aliphatic carbocycles. The van der Waals surface area contributed by atoms with Crippen LogP contribution in [0.2, 0.25) is 0 Å². The zero-order valence-electron chi connectivity index (χ0n) is 16.9. The smallest absolute Gasteiger partial charge is 0.347 e. The number of rotatable bonds is 15. The molecule has 0 aliphatic heterocycles. The molecular weight excluding hydrogens is 376 g/mol. The van der Waals surface area contributed by atoms with Crippen molar-refractivity contribution in [3.63, 3.8) is 0 Å². The van der Waals surface area contributed by atoms with Gasteiger partial charge in [0.15, 0.2) is 6.10 Å². The fourth-order valence-electron chi connectivity index (χ4n) is 2.55. The quantitative estimate of drug-likeness (QED) is 0.270. The van der Waals surface area contributed by atoms with E-state index in [1.807, 2.05) is 37.3 Å². The zero-order valence-corrected chi connectivity index (χ0v) is 16.9. The molecule has 0 saturated carbocycles. The molecule has 7 heteroatoms. The van der Waals surface area contributed by atoms with Crippen LogP contribution >= 0.6 is 0 Å². The van der Waals surface area contributed by atoms with Gasteiger partial charge < -0.3 is 19.3 Å². The Balaban J connectivity index is 2.56. The molecule has 0 fully saturated rings. The molecular formula is C22H30O7. The molecule has 1 atom stereocenters. The molecule has 0 spiro atoms. The number of carboxylic acid groups (broad SMARTS) is 1. The Hall–Kier alpha value is -2.67. The van der Waals surface area contributed by atoms with Crippen LogP contribution in [0.1, 0.15) is 51.0 Å². The fraction of sp³-hybridized carbons (Fsp3) is 0.500. The summed E-state index contributed by atoms with van der Waals surface area (Å²) in [4.78, 5) is 35.2. The van der Waals surface area contributed by atoms with Gasteiger partial charge in [-0.3, -0.25) is 4.79 Å². The maximum atomic E-state index is 12.4. The number of hydrogen-bond donors (Lipinski definition) is 1. The summed E-state index contributed by atoms with van der Waals surface area (Å²) in [5, 5.41) is 8.78. The number of benzene rings is 1. The molecule has 0 radical (unpaired) electrons. The van der Waals surface area contributed by atoms with Crippen molar-refractivity contribution in [2.75, 3.05) is 13.2 Å². The van der Waals surface area contributed by atoms with Crippen LogP contribution in [0.5, 0.6) is 0 Å². The number of carbonyl (C=O) groups excluding carboxylic acids is 2. The van der Waals surface area contributed by atoms with Crippen molar-refractivity contribution >= 4 is 17.9 Å². The summed E-state index contributed by atoms with van der Waals surface area (Å²) in [5.41, 5.74) is 0.604. The second-order valence-corrected chi connectivity index (χ2v) is 6.56. The highest BCUT2D eigenvalue weighted by molar-refractivity contribution is 5.94. The van der Waals surface area contributed by atoms with E-state index in [1.165, 1.54) is 0 Å². The first kappa shape index (κ1) is 24.4. The first-order valence-electron chi connectivity index (χ1n) is 9.82. The molecule has 1 unspecified atom stereocenters. The number of hydrogen-bond acceptors (Lipinski definition) is 6. The molecule has 160 valence electrons. The summed E-state index contributed by atoms with van der Waals surface area (Å²) in [6.07, 6.45) is 2.04. The van der Waals surface area contributed by atoms with E-state index in [0.717, 1.165) is 24.8 Å². The summed E-state index contributed by atoms with van der Waals surface area (Å²) in [6, 6.07) is 9.16. The van der Waals surface area contributed by atoms with Gasteiger partial charge in [0.1, 0.15) is 6.61 Å². The van der Waals surface area contributed by atoms with Gasteiger partial charge in [-0.2, -0.15) is 0 Å². The molecule has 0 aromatic heterocycles. The number of carboxylic acids is 1. The average molecular weight is 406 g/mol. The molecule has 1 aromatic carbocycles. The molecule has 7 nitrogen and oxygen atoms in total. The summed E-state index contributed by atoms with van der Waals surface area (Å²) in [6.45, 7) is 6.81. The van der Waals surface area contributed by atoms with Crippen molar-refractivity contribution < 1.29 is 33.7 Å². The number of unbranched alkanes of at least 4 members (excludes halogenated alkanes) is 3. The minimum atomic E-state index is -1.19. The van der Waals surface area contributed by atoms with Crippen LogP contribution in [-0.2, 0) is 35.2 Å². The van der Waals surface area contributed by atoms with E-state index >= 15 is 0 Å². The highest BCUT2D eigenvalue weighted by atomic mass is 16.6. The first-order chi connectivity index (χ1) is 13.9. The van der Waals surface area contributed by atoms with Crippen molar-refractivity contribution in [2.45, 2.75) is 58.2 Å². The summed E-state index contributed by atoms with van der Waals surface area (Å²) < 4.78 is 15.8. The largest absolute Gasteiger partial charge is 0.481 e. The Kier molecular flexibility index (Phi) is 12.1. The number of aliphatic carboxylic acids is 1. The molecule has 1 aromatic rings. The summed E-state index contributed by atoms with van der Waals surface area (Å²) >= 11 is 0. The van der Waals surface area contributed by atoms with Gasteiger partial charge in [-0.25, -0.2) is 9.59 Å². The van der Waals surface area contributed by atoms with E-state index in [2.05, 4.69) is 6.58 Å². The molecule has 0 bridgehead atoms. The van der Waals surface area contributed by atoms with Gasteiger partial charge in [0.2, 0.25) is 0 Å². The Labute approximate surface area is 171 Å². The normalized spacial score (nSPS) is 11.5. The molecule has 0 saturated heterocycles. The number of esters is 2. The van der Waals surface area contributed by atoms with E-state index in [9.17, 15) is 14.4 Å². The van der Waals surface area contributed by atoms with Crippen LogP contribution in [0.15, 0.2) is 42.5 Å². The molecule has 0 heterocycles. The predicted octanol–water partition coefficient (Wildman–Crippen LogP) is 3.66. The molecule has 29 heavy (non-hydrogen) atoms. The Morgan fingerprint density at radius 1 is 1.07 bits per heavy atom. The SMILES string of the molecule is C=C(CC(=O)O)C(=O)OC(CCCCCCOCC)C(=O)OCc1ccccc1. The van der Waals surface area contributed by atoms with Crippen LogP contribution in [0.3, 0.4) is 0 Å². The highest BCUT2D eigenvalue weighted by Crippen LogP contribution is 2.14. The molecule has 1 N–H and O–H groups in total. The van der Waals surface area contributed by atoms with E-state index in [1.54, 1.807) is 0 Å². The highest BCUT2D eigenvalue weighted by Gasteiger charge is 2.26. The van der Waals surface area contributed by atoms with E-state index in [0.29, 0.717) is 26.1 Å². The topological polar surface area (TPSA) is 99.1 Å². The lowest BCUT2D eigenvalue weighted by Crippen LogP contribution is -2.30. The van der Waals surface area contributed by atoms with Crippen LogP contribution in [0.4, 0.5) is 0 Å². The lowest BCUT2D eigenvalue weighted by Gasteiger charge is -2.17. The van der Waals surface area contributed by atoms with Gasteiger partial charge in [0.05, 0.1) is 6.42 Å². The fourth-order valence-corrected chi connectivity index (χ4v) is 2.55. The first-order valence-corrected chi connectivity index (χ1v) is 9.82. The van der Waals surface area contributed by atoms with Crippen molar-refractivity contribution in [2.24, 2.45) is 0 Å². The summed E-state index contributed by atoms with van der Waals surface area (Å²) in [7, 11) is 0. The number of carbonyl (C=O) groups is 3. The monoisotopic (exact) mass is 406 g/mol. The van der Waals surface area contributed by atoms with Gasteiger partial charge >= 0.3 is 17.9 Å². The lowest BCUT2D eigenvalue weighted by molar-refractivity contribution is -0.167. The van der Waals surface area contributed by atoms with E-state index in [-0.39, 0.29) is 12.2 Å². The Morgan fingerprint density at radius 3 is 2.41 bits per heavy atom. The minimum Gasteiger partial charge on any atom is -0.481 e. The number of ether oxygens (including phenoxy) is 3. The van der Waals surface area contributed by atoms with Crippen molar-refractivity contribution in [3.8, 4) is 0 Å². The van der Waals surface area contributed by atoms with Crippen LogP contribution in [0.25, 0.3) is 0 Å². The maximum Gasteiger partial charge on any atom is 0.347 e. The second-order valence-electron chi connectivity index (χ2n) is 6.56. The van der Waals surface area contributed by atoms with Gasteiger partial charge in [-0.1, -0.05) is 49.8 Å².